The summed E-state index contributed by atoms with van der Waals surface area (Å²) in [4.78, 5) is 14.2. The Labute approximate surface area is 122 Å². The Hall–Kier alpha value is -0.610. The summed E-state index contributed by atoms with van der Waals surface area (Å²) >= 11 is 0. The molecule has 0 aromatic carbocycles. The second-order valence-electron chi connectivity index (χ2n) is 6.68. The number of carboxylic acids is 1. The molecule has 0 aromatic rings. The highest BCUT2D eigenvalue weighted by molar-refractivity contribution is 5.79. The fraction of sp³-hybridized carbons (Fsp3) is 0.938. The average molecular weight is 283 g/mol. The van der Waals surface area contributed by atoms with Crippen molar-refractivity contribution in [2.24, 2.45) is 0 Å². The summed E-state index contributed by atoms with van der Waals surface area (Å²) in [5.74, 6) is -0.624. The number of carbonyl (C=O) groups is 1. The van der Waals surface area contributed by atoms with Gasteiger partial charge in [-0.1, -0.05) is 20.3 Å². The van der Waals surface area contributed by atoms with Crippen LogP contribution in [0.25, 0.3) is 0 Å². The smallest absolute Gasteiger partial charge is 0.324 e. The van der Waals surface area contributed by atoms with Gasteiger partial charge in [0.2, 0.25) is 0 Å². The summed E-state index contributed by atoms with van der Waals surface area (Å²) in [6.45, 7) is 8.09. The van der Waals surface area contributed by atoms with Crippen LogP contribution in [0.5, 0.6) is 0 Å². The maximum absolute atomic E-state index is 11.9. The molecule has 4 nitrogen and oxygen atoms in total. The van der Waals surface area contributed by atoms with Crippen LogP contribution in [0.4, 0.5) is 0 Å². The SMILES string of the molecule is CCCC1(C(=O)O)CCCN1C1CCOC(C)(CC)C1. The Morgan fingerprint density at radius 1 is 1.45 bits per heavy atom. The highest BCUT2D eigenvalue weighted by atomic mass is 16.5. The fourth-order valence-electron chi connectivity index (χ4n) is 4.06. The molecule has 4 heteroatoms. The lowest BCUT2D eigenvalue weighted by molar-refractivity contribution is -0.157. The van der Waals surface area contributed by atoms with Gasteiger partial charge in [-0.2, -0.15) is 0 Å². The molecule has 3 unspecified atom stereocenters. The Morgan fingerprint density at radius 2 is 2.20 bits per heavy atom. The van der Waals surface area contributed by atoms with E-state index in [0.29, 0.717) is 6.04 Å². The van der Waals surface area contributed by atoms with Crippen LogP contribution in [-0.2, 0) is 9.53 Å². The van der Waals surface area contributed by atoms with Crippen LogP contribution < -0.4 is 0 Å². The third-order valence-corrected chi connectivity index (χ3v) is 5.36. The van der Waals surface area contributed by atoms with Crippen molar-refractivity contribution in [3.05, 3.63) is 0 Å². The second kappa shape index (κ2) is 6.02. The molecule has 20 heavy (non-hydrogen) atoms. The first-order chi connectivity index (χ1) is 9.47. The summed E-state index contributed by atoms with van der Waals surface area (Å²) < 4.78 is 5.92. The minimum absolute atomic E-state index is 0.0814. The van der Waals surface area contributed by atoms with Crippen LogP contribution in [0.1, 0.15) is 65.7 Å². The first kappa shape index (κ1) is 15.8. The van der Waals surface area contributed by atoms with E-state index in [4.69, 9.17) is 4.74 Å². The Morgan fingerprint density at radius 3 is 2.80 bits per heavy atom. The number of ether oxygens (including phenoxy) is 1. The summed E-state index contributed by atoms with van der Waals surface area (Å²) in [7, 11) is 0. The van der Waals surface area contributed by atoms with Crippen molar-refractivity contribution in [3.8, 4) is 0 Å². The van der Waals surface area contributed by atoms with Gasteiger partial charge < -0.3 is 9.84 Å². The van der Waals surface area contributed by atoms with Gasteiger partial charge in [0.25, 0.3) is 0 Å². The molecular formula is C16H29NO3. The summed E-state index contributed by atoms with van der Waals surface area (Å²) in [5.41, 5.74) is -0.701. The van der Waals surface area contributed by atoms with Crippen molar-refractivity contribution in [2.45, 2.75) is 82.9 Å². The number of hydrogen-bond donors (Lipinski definition) is 1. The van der Waals surface area contributed by atoms with E-state index in [1.54, 1.807) is 0 Å². The first-order valence-corrected chi connectivity index (χ1v) is 8.11. The molecule has 0 saturated carbocycles. The van der Waals surface area contributed by atoms with Crippen LogP contribution in [0.15, 0.2) is 0 Å². The molecular weight excluding hydrogens is 254 g/mol. The van der Waals surface area contributed by atoms with Gasteiger partial charge in [-0.3, -0.25) is 9.69 Å². The van der Waals surface area contributed by atoms with Crippen LogP contribution in [0.3, 0.4) is 0 Å². The van der Waals surface area contributed by atoms with E-state index in [9.17, 15) is 9.90 Å². The third-order valence-electron chi connectivity index (χ3n) is 5.36. The molecule has 2 heterocycles. The number of rotatable bonds is 5. The maximum atomic E-state index is 11.9. The van der Waals surface area contributed by atoms with Gasteiger partial charge in [0.05, 0.1) is 5.60 Å². The molecule has 2 fully saturated rings. The summed E-state index contributed by atoms with van der Waals surface area (Å²) in [5, 5.41) is 9.81. The normalized spacial score (nSPS) is 39.0. The number of nitrogens with zero attached hydrogens (tertiary/aromatic N) is 1. The van der Waals surface area contributed by atoms with Gasteiger partial charge in [-0.25, -0.2) is 0 Å². The lowest BCUT2D eigenvalue weighted by Gasteiger charge is -2.46. The molecule has 2 saturated heterocycles. The molecule has 0 amide bonds. The molecule has 2 aliphatic rings. The zero-order valence-corrected chi connectivity index (χ0v) is 13.2. The van der Waals surface area contributed by atoms with E-state index in [1.165, 1.54) is 0 Å². The number of aliphatic carboxylic acids is 1. The van der Waals surface area contributed by atoms with Gasteiger partial charge in [0.1, 0.15) is 5.54 Å². The number of likely N-dealkylation sites (tertiary alicyclic amines) is 1. The first-order valence-electron chi connectivity index (χ1n) is 8.11. The minimum Gasteiger partial charge on any atom is -0.480 e. The van der Waals surface area contributed by atoms with E-state index >= 15 is 0 Å². The van der Waals surface area contributed by atoms with Crippen molar-refractivity contribution >= 4 is 5.97 Å². The monoisotopic (exact) mass is 283 g/mol. The molecule has 1 N–H and O–H groups in total. The molecule has 2 rings (SSSR count). The zero-order valence-electron chi connectivity index (χ0n) is 13.2. The van der Waals surface area contributed by atoms with E-state index in [0.717, 1.165) is 58.1 Å². The minimum atomic E-state index is -0.624. The topological polar surface area (TPSA) is 49.8 Å². The highest BCUT2D eigenvalue weighted by Gasteiger charge is 2.51. The van der Waals surface area contributed by atoms with E-state index in [2.05, 4.69) is 25.7 Å². The largest absolute Gasteiger partial charge is 0.480 e. The van der Waals surface area contributed by atoms with Gasteiger partial charge >= 0.3 is 5.97 Å². The van der Waals surface area contributed by atoms with Gasteiger partial charge in [0.15, 0.2) is 0 Å². The Kier molecular flexibility index (Phi) is 4.75. The summed E-state index contributed by atoms with van der Waals surface area (Å²) in [6, 6.07) is 0.360. The van der Waals surface area contributed by atoms with Crippen molar-refractivity contribution in [1.29, 1.82) is 0 Å². The van der Waals surface area contributed by atoms with Crippen LogP contribution in [0, 0.1) is 0 Å². The lowest BCUT2D eigenvalue weighted by Crippen LogP contribution is -2.57. The van der Waals surface area contributed by atoms with E-state index in [1.807, 2.05) is 0 Å². The molecule has 0 spiro atoms. The molecule has 3 atom stereocenters. The van der Waals surface area contributed by atoms with Crippen LogP contribution in [0.2, 0.25) is 0 Å². The third kappa shape index (κ3) is 2.73. The van der Waals surface area contributed by atoms with Gasteiger partial charge in [0, 0.05) is 12.6 Å². The number of carboxylic acid groups (broad SMARTS) is 1. The molecule has 116 valence electrons. The quantitative estimate of drug-likeness (QED) is 0.842. The van der Waals surface area contributed by atoms with Crippen molar-refractivity contribution in [2.75, 3.05) is 13.2 Å². The fourth-order valence-corrected chi connectivity index (χ4v) is 4.06. The Balaban J connectivity index is 2.19. The summed E-state index contributed by atoms with van der Waals surface area (Å²) in [6.07, 6.45) is 6.42. The predicted molar refractivity (Wildman–Crippen MR) is 78.9 cm³/mol. The van der Waals surface area contributed by atoms with Crippen molar-refractivity contribution < 1.29 is 14.6 Å². The van der Waals surface area contributed by atoms with Crippen LogP contribution in [-0.4, -0.2) is 46.3 Å². The molecule has 0 radical (unpaired) electrons. The molecule has 0 aliphatic carbocycles. The van der Waals surface area contributed by atoms with Gasteiger partial charge in [-0.05, 0) is 52.0 Å². The maximum Gasteiger partial charge on any atom is 0.324 e. The number of hydrogen-bond acceptors (Lipinski definition) is 3. The lowest BCUT2D eigenvalue weighted by atomic mass is 9.84. The van der Waals surface area contributed by atoms with Crippen LogP contribution >= 0.6 is 0 Å². The molecule has 2 aliphatic heterocycles. The predicted octanol–water partition coefficient (Wildman–Crippen LogP) is 3.05. The zero-order chi connectivity index (χ0) is 14.8. The Bertz CT molecular complexity index is 360. The second-order valence-corrected chi connectivity index (χ2v) is 6.68. The van der Waals surface area contributed by atoms with E-state index < -0.39 is 11.5 Å². The van der Waals surface area contributed by atoms with Crippen molar-refractivity contribution in [1.82, 2.24) is 4.90 Å². The van der Waals surface area contributed by atoms with Crippen molar-refractivity contribution in [3.63, 3.8) is 0 Å². The van der Waals surface area contributed by atoms with E-state index in [-0.39, 0.29) is 5.60 Å². The highest BCUT2D eigenvalue weighted by Crippen LogP contribution is 2.40. The standard InChI is InChI=1S/C16H29NO3/c1-4-8-16(14(18)19)9-6-10-17(16)13-7-11-20-15(3,5-2)12-13/h13H,4-12H2,1-3H3,(H,18,19). The molecule has 0 bridgehead atoms. The average Bonchev–Trinajstić information content (AvgIpc) is 2.84. The van der Waals surface area contributed by atoms with Gasteiger partial charge in [-0.15, -0.1) is 0 Å². The molecule has 0 aromatic heterocycles.